The fourth-order valence-electron chi connectivity index (χ4n) is 11.1. The van der Waals surface area contributed by atoms with Gasteiger partial charge in [0.05, 0.1) is 22.1 Å². The second-order valence-electron chi connectivity index (χ2n) is 16.8. The van der Waals surface area contributed by atoms with Gasteiger partial charge in [0.1, 0.15) is 11.5 Å². The molecule has 1 aliphatic heterocycles. The van der Waals surface area contributed by atoms with Crippen LogP contribution in [-0.2, 0) is 5.41 Å². The number of benzene rings is 10. The second-order valence-corrected chi connectivity index (χ2v) is 17.8. The highest BCUT2D eigenvalue weighted by atomic mass is 32.1. The first-order valence-corrected chi connectivity index (χ1v) is 22.4. The van der Waals surface area contributed by atoms with Gasteiger partial charge in [-0.2, -0.15) is 0 Å². The number of para-hydroxylation sites is 4. The average molecular weight is 821 g/mol. The SMILES string of the molecule is c1ccc(-n2c3ccccc3c3ccc(N(c4ccc5c(c4)sc4ccccc45)c4ccc5c6c(cccc46)C4(c6ccccc6Oc6ccccc64)c4ccccc4-5)cc32)cc1. The van der Waals surface area contributed by atoms with Crippen LogP contribution in [0.15, 0.2) is 218 Å². The molecule has 0 bridgehead atoms. The Balaban J connectivity index is 1.09. The summed E-state index contributed by atoms with van der Waals surface area (Å²) in [7, 11) is 0. The van der Waals surface area contributed by atoms with Crippen molar-refractivity contribution in [3.8, 4) is 28.3 Å². The van der Waals surface area contributed by atoms with E-state index in [4.69, 9.17) is 4.74 Å². The van der Waals surface area contributed by atoms with Gasteiger partial charge in [0.15, 0.2) is 0 Å². The fourth-order valence-corrected chi connectivity index (χ4v) is 12.3. The molecule has 1 aliphatic carbocycles. The Hall–Kier alpha value is -7.92. The lowest BCUT2D eigenvalue weighted by atomic mass is 9.58. The van der Waals surface area contributed by atoms with Crippen molar-refractivity contribution >= 4 is 81.1 Å². The van der Waals surface area contributed by atoms with Gasteiger partial charge in [-0.15, -0.1) is 11.3 Å². The topological polar surface area (TPSA) is 17.4 Å². The molecule has 2 aromatic heterocycles. The van der Waals surface area contributed by atoms with E-state index >= 15 is 0 Å². The zero-order valence-electron chi connectivity index (χ0n) is 34.0. The fraction of sp³-hybridized carbons (Fsp3) is 0.0169. The molecule has 2 aliphatic rings. The van der Waals surface area contributed by atoms with Crippen molar-refractivity contribution in [1.82, 2.24) is 4.57 Å². The van der Waals surface area contributed by atoms with Crippen LogP contribution in [0.4, 0.5) is 17.1 Å². The lowest BCUT2D eigenvalue weighted by Gasteiger charge is -2.45. The Morgan fingerprint density at radius 2 is 1.00 bits per heavy atom. The smallest absolute Gasteiger partial charge is 0.132 e. The Morgan fingerprint density at radius 3 is 1.83 bits per heavy atom. The third kappa shape index (κ3) is 4.73. The maximum absolute atomic E-state index is 6.73. The first-order valence-electron chi connectivity index (χ1n) is 21.6. The van der Waals surface area contributed by atoms with E-state index in [0.717, 1.165) is 45.4 Å². The molecule has 0 unspecified atom stereocenters. The quantitative estimate of drug-likeness (QED) is 0.176. The van der Waals surface area contributed by atoms with Crippen LogP contribution in [0.3, 0.4) is 0 Å². The zero-order chi connectivity index (χ0) is 41.2. The molecule has 0 N–H and O–H groups in total. The van der Waals surface area contributed by atoms with E-state index in [1.807, 2.05) is 11.3 Å². The first-order chi connectivity index (χ1) is 31.3. The highest BCUT2D eigenvalue weighted by Gasteiger charge is 2.49. The molecule has 63 heavy (non-hydrogen) atoms. The van der Waals surface area contributed by atoms with Gasteiger partial charge >= 0.3 is 0 Å². The molecule has 0 atom stereocenters. The molecule has 0 saturated heterocycles. The summed E-state index contributed by atoms with van der Waals surface area (Å²) in [5.74, 6) is 1.78. The Labute approximate surface area is 367 Å². The zero-order valence-corrected chi connectivity index (χ0v) is 34.8. The minimum absolute atomic E-state index is 0.608. The van der Waals surface area contributed by atoms with Crippen molar-refractivity contribution in [1.29, 1.82) is 0 Å². The summed E-state index contributed by atoms with van der Waals surface area (Å²) in [6, 6.07) is 80.3. The highest BCUT2D eigenvalue weighted by molar-refractivity contribution is 7.25. The van der Waals surface area contributed by atoms with E-state index in [1.54, 1.807) is 0 Å². The molecule has 12 aromatic rings. The number of hydrogen-bond donors (Lipinski definition) is 0. The molecule has 10 aromatic carbocycles. The normalized spacial score (nSPS) is 13.3. The monoisotopic (exact) mass is 820 g/mol. The Bertz CT molecular complexity index is 3810. The molecule has 294 valence electrons. The summed E-state index contributed by atoms with van der Waals surface area (Å²) >= 11 is 1.86. The maximum atomic E-state index is 6.73. The van der Waals surface area contributed by atoms with Crippen LogP contribution >= 0.6 is 11.3 Å². The van der Waals surface area contributed by atoms with Crippen molar-refractivity contribution in [3.05, 3.63) is 241 Å². The van der Waals surface area contributed by atoms with Gasteiger partial charge in [-0.3, -0.25) is 0 Å². The van der Waals surface area contributed by atoms with Gasteiger partial charge in [-0.05, 0) is 94.4 Å². The van der Waals surface area contributed by atoms with Crippen LogP contribution in [0, 0.1) is 0 Å². The summed E-state index contributed by atoms with van der Waals surface area (Å²) in [5.41, 5.74) is 13.6. The summed E-state index contributed by atoms with van der Waals surface area (Å²) in [6.45, 7) is 0. The van der Waals surface area contributed by atoms with Crippen molar-refractivity contribution in [2.24, 2.45) is 0 Å². The molecule has 1 spiro atoms. The average Bonchev–Trinajstić information content (AvgIpc) is 3.88. The molecule has 14 rings (SSSR count). The second kappa shape index (κ2) is 13.0. The summed E-state index contributed by atoms with van der Waals surface area (Å²) in [4.78, 5) is 2.50. The van der Waals surface area contributed by atoms with Crippen LogP contribution in [0.25, 0.3) is 69.6 Å². The minimum Gasteiger partial charge on any atom is -0.457 e. The molecule has 3 heterocycles. The summed E-state index contributed by atoms with van der Waals surface area (Å²) in [5, 5.41) is 7.50. The van der Waals surface area contributed by atoms with Crippen LogP contribution in [-0.4, -0.2) is 4.57 Å². The molecule has 3 nitrogen and oxygen atoms in total. The number of ether oxygens (including phenoxy) is 1. The number of thiophene rings is 1. The third-order valence-corrected chi connectivity index (χ3v) is 14.8. The van der Waals surface area contributed by atoms with Gasteiger partial charge in [-0.1, -0.05) is 152 Å². The molecule has 0 fully saturated rings. The predicted octanol–water partition coefficient (Wildman–Crippen LogP) is 16.2. The number of fused-ring (bicyclic) bond motifs is 14. The number of aromatic nitrogens is 1. The Kier molecular flexibility index (Phi) is 7.20. The van der Waals surface area contributed by atoms with E-state index in [-0.39, 0.29) is 0 Å². The van der Waals surface area contributed by atoms with E-state index in [2.05, 4.69) is 228 Å². The van der Waals surface area contributed by atoms with Crippen LogP contribution < -0.4 is 9.64 Å². The molecule has 0 amide bonds. The number of anilines is 3. The van der Waals surface area contributed by atoms with E-state index in [9.17, 15) is 0 Å². The molecular formula is C59H36N2OS. The lowest BCUT2D eigenvalue weighted by molar-refractivity contribution is 0.435. The van der Waals surface area contributed by atoms with Crippen LogP contribution in [0.2, 0.25) is 0 Å². The van der Waals surface area contributed by atoms with Crippen molar-refractivity contribution < 1.29 is 4.74 Å². The number of hydrogen-bond acceptors (Lipinski definition) is 3. The number of nitrogens with zero attached hydrogens (tertiary/aromatic N) is 2. The van der Waals surface area contributed by atoms with Crippen molar-refractivity contribution in [2.75, 3.05) is 4.90 Å². The molecular weight excluding hydrogens is 785 g/mol. The summed E-state index contributed by atoms with van der Waals surface area (Å²) in [6.07, 6.45) is 0. The van der Waals surface area contributed by atoms with Crippen molar-refractivity contribution in [3.63, 3.8) is 0 Å². The van der Waals surface area contributed by atoms with Gasteiger partial charge in [0.25, 0.3) is 0 Å². The van der Waals surface area contributed by atoms with Crippen molar-refractivity contribution in [2.45, 2.75) is 5.41 Å². The third-order valence-electron chi connectivity index (χ3n) is 13.6. The van der Waals surface area contributed by atoms with Gasteiger partial charge < -0.3 is 14.2 Å². The van der Waals surface area contributed by atoms with Gasteiger partial charge in [0, 0.05) is 64.5 Å². The highest BCUT2D eigenvalue weighted by Crippen LogP contribution is 2.62. The van der Waals surface area contributed by atoms with E-state index in [0.29, 0.717) is 0 Å². The van der Waals surface area contributed by atoms with Gasteiger partial charge in [-0.25, -0.2) is 0 Å². The molecule has 4 heteroatoms. The minimum atomic E-state index is -0.608. The largest absolute Gasteiger partial charge is 0.457 e. The first kappa shape index (κ1) is 34.8. The van der Waals surface area contributed by atoms with Crippen LogP contribution in [0.1, 0.15) is 22.3 Å². The predicted molar refractivity (Wildman–Crippen MR) is 263 cm³/mol. The van der Waals surface area contributed by atoms with E-state index < -0.39 is 5.41 Å². The maximum Gasteiger partial charge on any atom is 0.132 e. The lowest BCUT2D eigenvalue weighted by Crippen LogP contribution is -2.36. The Morgan fingerprint density at radius 1 is 0.397 bits per heavy atom. The van der Waals surface area contributed by atoms with Gasteiger partial charge in [0.2, 0.25) is 0 Å². The van der Waals surface area contributed by atoms with Crippen LogP contribution in [0.5, 0.6) is 11.5 Å². The molecule has 0 saturated carbocycles. The molecule has 0 radical (unpaired) electrons. The van der Waals surface area contributed by atoms with E-state index in [1.165, 1.54) is 75.0 Å². The summed E-state index contributed by atoms with van der Waals surface area (Å²) < 4.78 is 11.7. The standard InChI is InChI=1S/C59H36N2OS/c1-2-15-37(16-3-1)61-51-25-10-5-18-41(51)42-31-29-38(35-53(42)61)60(39-30-32-44-43-19-6-13-28-56(43)63-57(44)36-39)52-34-33-45-40-17-4-7-21-47(40)59(50-24-14-20-46(52)58(45)50)48-22-8-11-26-54(48)62-55-27-12-9-23-49(55)59/h1-36H. The number of rotatable bonds is 4.